The Balaban J connectivity index is 3.01. The second kappa shape index (κ2) is 2.60. The summed E-state index contributed by atoms with van der Waals surface area (Å²) in [7, 11) is 0. The zero-order valence-electron chi connectivity index (χ0n) is 5.59. The maximum atomic E-state index is 3.98. The Bertz CT molecular complexity index is 196. The Labute approximate surface area is 54.7 Å². The Morgan fingerprint density at radius 3 is 2.89 bits per heavy atom. The molecule has 0 aromatic carbocycles. The average Bonchev–Trinajstić information content (AvgIpc) is 1.89. The summed E-state index contributed by atoms with van der Waals surface area (Å²) in [6.45, 7) is 2.90. The van der Waals surface area contributed by atoms with Gasteiger partial charge < -0.3 is 5.73 Å². The minimum absolute atomic E-state index is 0.833. The molecule has 2 nitrogen and oxygen atoms in total. The molecule has 0 atom stereocenters. The number of rotatable bonds is 1. The lowest BCUT2D eigenvalue weighted by Crippen LogP contribution is -2.47. The molecule has 0 saturated heterocycles. The SMILES string of the molecule is Cc1ccncc1C[NH3+]. The fraction of sp³-hybridized carbons (Fsp3) is 0.286. The van der Waals surface area contributed by atoms with Crippen molar-refractivity contribution in [2.75, 3.05) is 0 Å². The highest BCUT2D eigenvalue weighted by molar-refractivity contribution is 5.19. The number of aromatic nitrogens is 1. The molecular formula is C7H11N2+. The molecule has 1 rings (SSSR count). The van der Waals surface area contributed by atoms with Crippen molar-refractivity contribution in [2.24, 2.45) is 0 Å². The maximum Gasteiger partial charge on any atom is 0.101 e. The molecule has 0 radical (unpaired) electrons. The predicted molar refractivity (Wildman–Crippen MR) is 35.6 cm³/mol. The monoisotopic (exact) mass is 123 g/mol. The molecular weight excluding hydrogens is 112 g/mol. The summed E-state index contributed by atoms with van der Waals surface area (Å²) in [5.74, 6) is 0. The van der Waals surface area contributed by atoms with Crippen molar-refractivity contribution in [2.45, 2.75) is 13.5 Å². The topological polar surface area (TPSA) is 40.5 Å². The van der Waals surface area contributed by atoms with Crippen LogP contribution in [0.4, 0.5) is 0 Å². The first-order valence-corrected chi connectivity index (χ1v) is 3.03. The number of quaternary nitrogens is 1. The van der Waals surface area contributed by atoms with E-state index in [2.05, 4.69) is 17.6 Å². The molecule has 1 aromatic rings. The van der Waals surface area contributed by atoms with Crippen LogP contribution in [0.1, 0.15) is 11.1 Å². The quantitative estimate of drug-likeness (QED) is 0.566. The summed E-state index contributed by atoms with van der Waals surface area (Å²) in [6, 6.07) is 2.00. The third-order valence-corrected chi connectivity index (χ3v) is 1.42. The zero-order valence-corrected chi connectivity index (χ0v) is 5.59. The fourth-order valence-electron chi connectivity index (χ4n) is 0.758. The number of pyridine rings is 1. The van der Waals surface area contributed by atoms with Gasteiger partial charge in [-0.25, -0.2) is 0 Å². The molecule has 0 unspecified atom stereocenters. The first kappa shape index (κ1) is 6.23. The summed E-state index contributed by atoms with van der Waals surface area (Å²) in [4.78, 5) is 3.98. The third kappa shape index (κ3) is 1.27. The van der Waals surface area contributed by atoms with Gasteiger partial charge in [0.15, 0.2) is 0 Å². The highest BCUT2D eigenvalue weighted by Crippen LogP contribution is 2.01. The summed E-state index contributed by atoms with van der Waals surface area (Å²) in [6.07, 6.45) is 3.66. The highest BCUT2D eigenvalue weighted by atomic mass is 14.6. The minimum atomic E-state index is 0.833. The molecule has 1 aromatic heterocycles. The van der Waals surface area contributed by atoms with Crippen LogP contribution in [-0.4, -0.2) is 4.98 Å². The fourth-order valence-corrected chi connectivity index (χ4v) is 0.758. The van der Waals surface area contributed by atoms with E-state index in [0.29, 0.717) is 0 Å². The van der Waals surface area contributed by atoms with E-state index in [-0.39, 0.29) is 0 Å². The summed E-state index contributed by atoms with van der Waals surface area (Å²) in [5.41, 5.74) is 6.29. The molecule has 3 N–H and O–H groups in total. The van der Waals surface area contributed by atoms with Crippen LogP contribution < -0.4 is 5.73 Å². The minimum Gasteiger partial charge on any atom is -0.354 e. The molecule has 0 aliphatic rings. The Morgan fingerprint density at radius 2 is 2.44 bits per heavy atom. The molecule has 48 valence electrons. The van der Waals surface area contributed by atoms with Crippen molar-refractivity contribution in [3.05, 3.63) is 29.6 Å². The lowest BCUT2D eigenvalue weighted by atomic mass is 10.2. The predicted octanol–water partition coefficient (Wildman–Crippen LogP) is 0.132. The number of hydrogen-bond acceptors (Lipinski definition) is 1. The van der Waals surface area contributed by atoms with Crippen LogP contribution in [-0.2, 0) is 6.54 Å². The van der Waals surface area contributed by atoms with E-state index < -0.39 is 0 Å². The summed E-state index contributed by atoms with van der Waals surface area (Å²) in [5, 5.41) is 0. The van der Waals surface area contributed by atoms with Gasteiger partial charge in [0.25, 0.3) is 0 Å². The van der Waals surface area contributed by atoms with E-state index in [1.54, 1.807) is 6.20 Å². The molecule has 9 heavy (non-hydrogen) atoms. The lowest BCUT2D eigenvalue weighted by molar-refractivity contribution is -0.386. The molecule has 0 aliphatic heterocycles. The van der Waals surface area contributed by atoms with Crippen LogP contribution in [0.5, 0.6) is 0 Å². The summed E-state index contributed by atoms with van der Waals surface area (Å²) < 4.78 is 0. The van der Waals surface area contributed by atoms with Gasteiger partial charge in [0.1, 0.15) is 6.54 Å². The number of aryl methyl sites for hydroxylation is 1. The van der Waals surface area contributed by atoms with Crippen LogP contribution in [0, 0.1) is 6.92 Å². The molecule has 0 amide bonds. The second-order valence-electron chi connectivity index (χ2n) is 2.05. The second-order valence-corrected chi connectivity index (χ2v) is 2.05. The highest BCUT2D eigenvalue weighted by Gasteiger charge is 1.93. The van der Waals surface area contributed by atoms with E-state index >= 15 is 0 Å². The van der Waals surface area contributed by atoms with E-state index in [0.717, 1.165) is 6.54 Å². The number of hydrogen-bond donors (Lipinski definition) is 1. The molecule has 2 heteroatoms. The van der Waals surface area contributed by atoms with Crippen molar-refractivity contribution >= 4 is 0 Å². The largest absolute Gasteiger partial charge is 0.354 e. The standard InChI is InChI=1S/C7H10N2/c1-6-2-3-9-5-7(6)4-8/h2-3,5H,4,8H2,1H3/p+1. The van der Waals surface area contributed by atoms with Crippen LogP contribution in [0.15, 0.2) is 18.5 Å². The Hall–Kier alpha value is -0.890. The van der Waals surface area contributed by atoms with Gasteiger partial charge in [-0.1, -0.05) is 0 Å². The first-order valence-electron chi connectivity index (χ1n) is 3.03. The molecule has 0 aliphatic carbocycles. The van der Waals surface area contributed by atoms with E-state index in [1.807, 2.05) is 12.3 Å². The van der Waals surface area contributed by atoms with Crippen molar-refractivity contribution in [3.63, 3.8) is 0 Å². The maximum absolute atomic E-state index is 3.98. The van der Waals surface area contributed by atoms with E-state index in [1.165, 1.54) is 11.1 Å². The van der Waals surface area contributed by atoms with Crippen molar-refractivity contribution in [1.82, 2.24) is 4.98 Å². The van der Waals surface area contributed by atoms with Gasteiger partial charge in [0.2, 0.25) is 0 Å². The van der Waals surface area contributed by atoms with Crippen LogP contribution in [0.3, 0.4) is 0 Å². The van der Waals surface area contributed by atoms with Crippen LogP contribution in [0.2, 0.25) is 0 Å². The lowest BCUT2D eigenvalue weighted by Gasteiger charge is -1.95. The molecule has 0 spiro atoms. The number of nitrogens with zero attached hydrogens (tertiary/aromatic N) is 1. The smallest absolute Gasteiger partial charge is 0.101 e. The van der Waals surface area contributed by atoms with Gasteiger partial charge in [-0.2, -0.15) is 0 Å². The summed E-state index contributed by atoms with van der Waals surface area (Å²) >= 11 is 0. The normalized spacial score (nSPS) is 9.56. The first-order chi connectivity index (χ1) is 4.34. The van der Waals surface area contributed by atoms with Gasteiger partial charge in [0.05, 0.1) is 0 Å². The van der Waals surface area contributed by atoms with Gasteiger partial charge in [-0.15, -0.1) is 0 Å². The van der Waals surface area contributed by atoms with E-state index in [4.69, 9.17) is 0 Å². The molecule has 0 saturated carbocycles. The van der Waals surface area contributed by atoms with Crippen molar-refractivity contribution in [1.29, 1.82) is 0 Å². The molecule has 0 bridgehead atoms. The van der Waals surface area contributed by atoms with Crippen LogP contribution in [0.25, 0.3) is 0 Å². The molecule has 1 heterocycles. The Kier molecular flexibility index (Phi) is 1.80. The molecule has 0 fully saturated rings. The van der Waals surface area contributed by atoms with Crippen LogP contribution >= 0.6 is 0 Å². The van der Waals surface area contributed by atoms with Gasteiger partial charge in [0, 0.05) is 18.0 Å². The zero-order chi connectivity index (χ0) is 6.69. The van der Waals surface area contributed by atoms with Gasteiger partial charge >= 0.3 is 0 Å². The van der Waals surface area contributed by atoms with Gasteiger partial charge in [-0.3, -0.25) is 4.98 Å². The Morgan fingerprint density at radius 1 is 1.67 bits per heavy atom. The van der Waals surface area contributed by atoms with Gasteiger partial charge in [-0.05, 0) is 18.6 Å². The van der Waals surface area contributed by atoms with Crippen molar-refractivity contribution in [3.8, 4) is 0 Å². The van der Waals surface area contributed by atoms with E-state index in [9.17, 15) is 0 Å². The third-order valence-electron chi connectivity index (χ3n) is 1.42. The van der Waals surface area contributed by atoms with Crippen molar-refractivity contribution < 1.29 is 5.73 Å². The average molecular weight is 123 g/mol.